The summed E-state index contributed by atoms with van der Waals surface area (Å²) in [4.78, 5) is 12.8. The van der Waals surface area contributed by atoms with Gasteiger partial charge in [0.05, 0.1) is 42.0 Å². The lowest BCUT2D eigenvalue weighted by Crippen LogP contribution is -2.38. The highest BCUT2D eigenvalue weighted by Crippen LogP contribution is 2.33. The number of benzene rings is 3. The van der Waals surface area contributed by atoms with E-state index in [2.05, 4.69) is 5.32 Å². The number of methoxy groups -OCH3 is 3. The Bertz CT molecular complexity index is 1280. The van der Waals surface area contributed by atoms with Crippen LogP contribution in [0.5, 0.6) is 17.2 Å². The lowest BCUT2D eigenvalue weighted by Gasteiger charge is -2.24. The molecular weight excluding hydrogens is 503 g/mol. The molecule has 0 aliphatic carbocycles. The Morgan fingerprint density at radius 2 is 1.53 bits per heavy atom. The highest BCUT2D eigenvalue weighted by molar-refractivity contribution is 7.92. The van der Waals surface area contributed by atoms with Gasteiger partial charge in [-0.3, -0.25) is 9.10 Å². The average Bonchev–Trinajstić information content (AvgIpc) is 2.84. The van der Waals surface area contributed by atoms with E-state index < -0.39 is 22.5 Å². The van der Waals surface area contributed by atoms with E-state index in [9.17, 15) is 13.2 Å². The van der Waals surface area contributed by atoms with Crippen LogP contribution in [0.1, 0.15) is 0 Å². The largest absolute Gasteiger partial charge is 0.497 e. The van der Waals surface area contributed by atoms with Crippen molar-refractivity contribution in [2.75, 3.05) is 37.5 Å². The standard InChI is InChI=1S/C23H22Cl2N2O6S/c1-31-17-7-5-16(6-8-17)27(14-23(28)26-15-4-10-19(24)20(25)12-15)34(29,30)18-9-11-21(32-2)22(13-18)33-3/h4-13H,14H2,1-3H3,(H,26,28). The molecule has 0 heterocycles. The predicted molar refractivity (Wildman–Crippen MR) is 132 cm³/mol. The van der Waals surface area contributed by atoms with Gasteiger partial charge in [0, 0.05) is 11.8 Å². The zero-order valence-corrected chi connectivity index (χ0v) is 20.9. The zero-order chi connectivity index (χ0) is 24.9. The molecule has 0 spiro atoms. The van der Waals surface area contributed by atoms with Crippen LogP contribution >= 0.6 is 23.2 Å². The Balaban J connectivity index is 1.99. The summed E-state index contributed by atoms with van der Waals surface area (Å²) in [5.74, 6) is 0.555. The van der Waals surface area contributed by atoms with E-state index in [1.54, 1.807) is 30.3 Å². The van der Waals surface area contributed by atoms with Crippen LogP contribution in [0.4, 0.5) is 11.4 Å². The van der Waals surface area contributed by atoms with E-state index >= 15 is 0 Å². The van der Waals surface area contributed by atoms with Gasteiger partial charge in [0.2, 0.25) is 5.91 Å². The van der Waals surface area contributed by atoms with Crippen molar-refractivity contribution < 1.29 is 27.4 Å². The fraction of sp³-hybridized carbons (Fsp3) is 0.174. The molecule has 0 aromatic heterocycles. The van der Waals surface area contributed by atoms with Gasteiger partial charge in [-0.25, -0.2) is 8.42 Å². The number of carbonyl (C=O) groups is 1. The molecule has 0 radical (unpaired) electrons. The van der Waals surface area contributed by atoms with Crippen LogP contribution in [0.2, 0.25) is 10.0 Å². The van der Waals surface area contributed by atoms with Crippen molar-refractivity contribution in [3.05, 3.63) is 70.7 Å². The molecule has 180 valence electrons. The van der Waals surface area contributed by atoms with E-state index in [0.717, 1.165) is 4.31 Å². The van der Waals surface area contributed by atoms with E-state index in [-0.39, 0.29) is 21.4 Å². The van der Waals surface area contributed by atoms with Gasteiger partial charge in [0.25, 0.3) is 10.0 Å². The van der Waals surface area contributed by atoms with Gasteiger partial charge in [-0.1, -0.05) is 23.2 Å². The number of anilines is 2. The molecular formula is C23H22Cl2N2O6S. The molecule has 1 amide bonds. The summed E-state index contributed by atoms with van der Waals surface area (Å²) < 4.78 is 43.8. The quantitative estimate of drug-likeness (QED) is 0.429. The number of amides is 1. The van der Waals surface area contributed by atoms with Crippen LogP contribution in [0.3, 0.4) is 0 Å². The molecule has 34 heavy (non-hydrogen) atoms. The SMILES string of the molecule is COc1ccc(N(CC(=O)Nc2ccc(Cl)c(Cl)c2)S(=O)(=O)c2ccc(OC)c(OC)c2)cc1. The van der Waals surface area contributed by atoms with Crippen molar-refractivity contribution in [1.82, 2.24) is 0 Å². The average molecular weight is 525 g/mol. The first-order valence-corrected chi connectivity index (χ1v) is 12.0. The molecule has 8 nitrogen and oxygen atoms in total. The highest BCUT2D eigenvalue weighted by atomic mass is 35.5. The van der Waals surface area contributed by atoms with Crippen molar-refractivity contribution in [1.29, 1.82) is 0 Å². The second-order valence-electron chi connectivity index (χ2n) is 6.90. The number of ether oxygens (including phenoxy) is 3. The summed E-state index contributed by atoms with van der Waals surface area (Å²) in [5, 5.41) is 3.22. The Morgan fingerprint density at radius 3 is 2.12 bits per heavy atom. The number of nitrogens with zero attached hydrogens (tertiary/aromatic N) is 1. The van der Waals surface area contributed by atoms with Gasteiger partial charge in [-0.05, 0) is 54.6 Å². The molecule has 0 bridgehead atoms. The summed E-state index contributed by atoms with van der Waals surface area (Å²) in [6, 6.07) is 15.1. The van der Waals surface area contributed by atoms with Crippen LogP contribution in [-0.4, -0.2) is 42.2 Å². The molecule has 0 aliphatic rings. The van der Waals surface area contributed by atoms with Crippen LogP contribution < -0.4 is 23.8 Å². The number of nitrogens with one attached hydrogen (secondary N) is 1. The molecule has 3 rings (SSSR count). The topological polar surface area (TPSA) is 94.2 Å². The summed E-state index contributed by atoms with van der Waals surface area (Å²) in [6.07, 6.45) is 0. The Labute approximate surface area is 208 Å². The molecule has 3 aromatic carbocycles. The van der Waals surface area contributed by atoms with Crippen LogP contribution in [0.25, 0.3) is 0 Å². The van der Waals surface area contributed by atoms with Crippen LogP contribution in [0, 0.1) is 0 Å². The van der Waals surface area contributed by atoms with E-state index in [0.29, 0.717) is 22.2 Å². The van der Waals surface area contributed by atoms with E-state index in [1.165, 1.54) is 51.7 Å². The molecule has 0 fully saturated rings. The van der Waals surface area contributed by atoms with Crippen molar-refractivity contribution in [3.8, 4) is 17.2 Å². The minimum absolute atomic E-state index is 0.0803. The summed E-state index contributed by atoms with van der Waals surface area (Å²) in [6.45, 7) is -0.511. The zero-order valence-electron chi connectivity index (χ0n) is 18.5. The number of halogens is 2. The number of sulfonamides is 1. The van der Waals surface area contributed by atoms with Crippen LogP contribution in [-0.2, 0) is 14.8 Å². The second kappa shape index (κ2) is 10.9. The predicted octanol–water partition coefficient (Wildman–Crippen LogP) is 4.85. The molecule has 3 aromatic rings. The highest BCUT2D eigenvalue weighted by Gasteiger charge is 2.28. The maximum Gasteiger partial charge on any atom is 0.264 e. The van der Waals surface area contributed by atoms with Gasteiger partial charge in [-0.2, -0.15) is 0 Å². The summed E-state index contributed by atoms with van der Waals surface area (Å²) in [7, 11) is 0.164. The maximum atomic E-state index is 13.6. The van der Waals surface area contributed by atoms with Crippen molar-refractivity contribution in [2.24, 2.45) is 0 Å². The van der Waals surface area contributed by atoms with Gasteiger partial charge in [0.1, 0.15) is 12.3 Å². The van der Waals surface area contributed by atoms with Crippen LogP contribution in [0.15, 0.2) is 65.6 Å². The molecule has 0 unspecified atom stereocenters. The maximum absolute atomic E-state index is 13.6. The molecule has 0 saturated heterocycles. The minimum atomic E-state index is -4.18. The summed E-state index contributed by atoms with van der Waals surface area (Å²) in [5.41, 5.74) is 0.637. The first kappa shape index (κ1) is 25.5. The third kappa shape index (κ3) is 5.67. The summed E-state index contributed by atoms with van der Waals surface area (Å²) >= 11 is 11.9. The minimum Gasteiger partial charge on any atom is -0.497 e. The van der Waals surface area contributed by atoms with Gasteiger partial charge < -0.3 is 19.5 Å². The fourth-order valence-electron chi connectivity index (χ4n) is 3.07. The van der Waals surface area contributed by atoms with Crippen molar-refractivity contribution in [2.45, 2.75) is 4.90 Å². The Kier molecular flexibility index (Phi) is 8.14. The van der Waals surface area contributed by atoms with Gasteiger partial charge in [0.15, 0.2) is 11.5 Å². The molecule has 1 N–H and O–H groups in total. The Morgan fingerprint density at radius 1 is 0.853 bits per heavy atom. The molecule has 0 aliphatic heterocycles. The third-order valence-electron chi connectivity index (χ3n) is 4.79. The third-order valence-corrected chi connectivity index (χ3v) is 7.30. The number of hydrogen-bond donors (Lipinski definition) is 1. The van der Waals surface area contributed by atoms with E-state index in [1.807, 2.05) is 0 Å². The first-order valence-electron chi connectivity index (χ1n) is 9.83. The van der Waals surface area contributed by atoms with Crippen molar-refractivity contribution in [3.63, 3.8) is 0 Å². The normalized spacial score (nSPS) is 11.0. The molecule has 0 saturated carbocycles. The first-order chi connectivity index (χ1) is 16.2. The van der Waals surface area contributed by atoms with Gasteiger partial charge in [-0.15, -0.1) is 0 Å². The molecule has 0 atom stereocenters. The second-order valence-corrected chi connectivity index (χ2v) is 9.58. The number of rotatable bonds is 9. The van der Waals surface area contributed by atoms with Crippen molar-refractivity contribution >= 4 is 50.5 Å². The smallest absolute Gasteiger partial charge is 0.264 e. The number of hydrogen-bond acceptors (Lipinski definition) is 6. The van der Waals surface area contributed by atoms with Gasteiger partial charge >= 0.3 is 0 Å². The lowest BCUT2D eigenvalue weighted by molar-refractivity contribution is -0.114. The molecule has 11 heteroatoms. The Hall–Kier alpha value is -3.14. The number of carbonyl (C=O) groups excluding carboxylic acids is 1. The van der Waals surface area contributed by atoms with E-state index in [4.69, 9.17) is 37.4 Å². The lowest BCUT2D eigenvalue weighted by atomic mass is 10.3. The fourth-order valence-corrected chi connectivity index (χ4v) is 4.81. The monoisotopic (exact) mass is 524 g/mol.